The van der Waals surface area contributed by atoms with Crippen LogP contribution in [0, 0.1) is 6.92 Å². The van der Waals surface area contributed by atoms with Gasteiger partial charge in [-0.1, -0.05) is 46.3 Å². The van der Waals surface area contributed by atoms with Crippen LogP contribution in [0.1, 0.15) is 15.9 Å². The van der Waals surface area contributed by atoms with Crippen LogP contribution in [-0.2, 0) is 4.79 Å². The molecule has 0 saturated heterocycles. The lowest BCUT2D eigenvalue weighted by Crippen LogP contribution is -2.44. The molecule has 0 radical (unpaired) electrons. The molecule has 0 bridgehead atoms. The number of carbonyl (C=O) groups is 2. The molecule has 3 rings (SSSR count). The zero-order valence-corrected chi connectivity index (χ0v) is 19.1. The van der Waals surface area contributed by atoms with Gasteiger partial charge in [-0.05, 0) is 55.0 Å². The van der Waals surface area contributed by atoms with E-state index in [1.54, 1.807) is 30.3 Å². The van der Waals surface area contributed by atoms with Crippen molar-refractivity contribution in [2.75, 3.05) is 19.8 Å². The molecule has 8 heteroatoms. The lowest BCUT2D eigenvalue weighted by molar-refractivity contribution is -0.123. The van der Waals surface area contributed by atoms with Crippen molar-refractivity contribution in [1.82, 2.24) is 10.9 Å². The van der Waals surface area contributed by atoms with Crippen LogP contribution in [0.2, 0.25) is 0 Å². The third kappa shape index (κ3) is 7.02. The molecular weight excluding hydrogens is 476 g/mol. The summed E-state index contributed by atoms with van der Waals surface area (Å²) < 4.78 is 17.7. The number of hydrogen-bond acceptors (Lipinski definition) is 5. The lowest BCUT2D eigenvalue weighted by atomic mass is 10.2. The summed E-state index contributed by atoms with van der Waals surface area (Å²) in [6.45, 7) is 2.26. The first-order valence-electron chi connectivity index (χ1n) is 9.91. The molecule has 7 nitrogen and oxygen atoms in total. The van der Waals surface area contributed by atoms with Gasteiger partial charge in [-0.15, -0.1) is 0 Å². The maximum Gasteiger partial charge on any atom is 0.276 e. The highest BCUT2D eigenvalue weighted by atomic mass is 79.9. The number of hydrogen-bond donors (Lipinski definition) is 2. The minimum absolute atomic E-state index is 0.240. The van der Waals surface area contributed by atoms with Crippen molar-refractivity contribution in [3.8, 4) is 17.2 Å². The summed E-state index contributed by atoms with van der Waals surface area (Å²) in [5, 5.41) is 0. The molecule has 0 unspecified atom stereocenters. The van der Waals surface area contributed by atoms with Crippen LogP contribution < -0.4 is 25.1 Å². The molecule has 0 aliphatic heterocycles. The molecule has 0 fully saturated rings. The van der Waals surface area contributed by atoms with Crippen molar-refractivity contribution in [3.63, 3.8) is 0 Å². The summed E-state index contributed by atoms with van der Waals surface area (Å²) in [6, 6.07) is 21.5. The van der Waals surface area contributed by atoms with Gasteiger partial charge in [0.05, 0.1) is 5.56 Å². The smallest absolute Gasteiger partial charge is 0.276 e. The molecule has 0 aromatic heterocycles. The van der Waals surface area contributed by atoms with Crippen molar-refractivity contribution in [1.29, 1.82) is 0 Å². The second-order valence-electron chi connectivity index (χ2n) is 6.71. The van der Waals surface area contributed by atoms with Gasteiger partial charge < -0.3 is 14.2 Å². The average Bonchev–Trinajstić information content (AvgIpc) is 2.82. The normalized spacial score (nSPS) is 10.2. The van der Waals surface area contributed by atoms with Gasteiger partial charge >= 0.3 is 0 Å². The third-order valence-electron chi connectivity index (χ3n) is 4.30. The van der Waals surface area contributed by atoms with E-state index in [9.17, 15) is 9.59 Å². The van der Waals surface area contributed by atoms with Gasteiger partial charge in [0.1, 0.15) is 30.5 Å². The number of rotatable bonds is 9. The van der Waals surface area contributed by atoms with Crippen LogP contribution in [0.15, 0.2) is 77.3 Å². The van der Waals surface area contributed by atoms with E-state index in [-0.39, 0.29) is 18.8 Å². The van der Waals surface area contributed by atoms with E-state index >= 15 is 0 Å². The predicted molar refractivity (Wildman–Crippen MR) is 124 cm³/mol. The summed E-state index contributed by atoms with van der Waals surface area (Å²) in [4.78, 5) is 24.5. The summed E-state index contributed by atoms with van der Waals surface area (Å²) in [5.74, 6) is 0.692. The number of amides is 2. The number of halogens is 1. The molecular formula is C24H23BrN2O5. The van der Waals surface area contributed by atoms with E-state index in [1.807, 2.05) is 49.4 Å². The first-order valence-corrected chi connectivity index (χ1v) is 10.7. The highest BCUT2D eigenvalue weighted by Gasteiger charge is 2.13. The van der Waals surface area contributed by atoms with E-state index in [0.29, 0.717) is 18.1 Å². The zero-order chi connectivity index (χ0) is 22.8. The number of benzene rings is 3. The fourth-order valence-electron chi connectivity index (χ4n) is 2.69. The van der Waals surface area contributed by atoms with Gasteiger partial charge in [-0.25, -0.2) is 0 Å². The van der Waals surface area contributed by atoms with Crippen molar-refractivity contribution < 1.29 is 23.8 Å². The van der Waals surface area contributed by atoms with E-state index in [4.69, 9.17) is 14.2 Å². The Balaban J connectivity index is 1.45. The Hall–Kier alpha value is -3.52. The van der Waals surface area contributed by atoms with Crippen molar-refractivity contribution in [3.05, 3.63) is 88.4 Å². The Bertz CT molecular complexity index is 1060. The fraction of sp³-hybridized carbons (Fsp3) is 0.167. The van der Waals surface area contributed by atoms with Gasteiger partial charge in [-0.3, -0.25) is 20.4 Å². The molecule has 0 spiro atoms. The summed E-state index contributed by atoms with van der Waals surface area (Å²) in [6.07, 6.45) is 0. The van der Waals surface area contributed by atoms with Crippen LogP contribution in [0.3, 0.4) is 0 Å². The zero-order valence-electron chi connectivity index (χ0n) is 17.5. The Morgan fingerprint density at radius 3 is 2.31 bits per heavy atom. The molecule has 2 N–H and O–H groups in total. The number of nitrogens with one attached hydrogen (secondary N) is 2. The standard InChI is InChI=1S/C24H23BrN2O5/c1-17-15-19(11-12-21(17)25)32-16-23(28)26-27-24(29)20-9-5-6-10-22(20)31-14-13-30-18-7-3-2-4-8-18/h2-12,15H,13-14,16H2,1H3,(H,26,28)(H,27,29). The van der Waals surface area contributed by atoms with Crippen LogP contribution >= 0.6 is 15.9 Å². The molecule has 2 amide bonds. The predicted octanol–water partition coefficient (Wildman–Crippen LogP) is 4.06. The van der Waals surface area contributed by atoms with Crippen molar-refractivity contribution in [2.24, 2.45) is 0 Å². The molecule has 0 saturated carbocycles. The Morgan fingerprint density at radius 2 is 1.53 bits per heavy atom. The SMILES string of the molecule is Cc1cc(OCC(=O)NNC(=O)c2ccccc2OCCOc2ccccc2)ccc1Br. The molecule has 3 aromatic rings. The number of hydrazine groups is 1. The molecule has 0 aliphatic carbocycles. The maximum atomic E-state index is 12.5. The van der Waals surface area contributed by atoms with Crippen LogP contribution in [-0.4, -0.2) is 31.6 Å². The van der Waals surface area contributed by atoms with E-state index in [0.717, 1.165) is 15.8 Å². The number of para-hydroxylation sites is 2. The molecule has 0 heterocycles. The minimum Gasteiger partial charge on any atom is -0.490 e. The van der Waals surface area contributed by atoms with Gasteiger partial charge in [-0.2, -0.15) is 0 Å². The largest absolute Gasteiger partial charge is 0.490 e. The molecule has 0 aliphatic rings. The summed E-state index contributed by atoms with van der Waals surface area (Å²) in [5.41, 5.74) is 5.99. The van der Waals surface area contributed by atoms with Gasteiger partial charge in [0, 0.05) is 4.47 Å². The Morgan fingerprint density at radius 1 is 0.812 bits per heavy atom. The van der Waals surface area contributed by atoms with Gasteiger partial charge in [0.25, 0.3) is 11.8 Å². The molecule has 3 aromatic carbocycles. The van der Waals surface area contributed by atoms with Crippen LogP contribution in [0.4, 0.5) is 0 Å². The van der Waals surface area contributed by atoms with Gasteiger partial charge in [0.2, 0.25) is 0 Å². The maximum absolute atomic E-state index is 12.5. The molecule has 166 valence electrons. The second kappa shape index (κ2) is 11.8. The molecule has 32 heavy (non-hydrogen) atoms. The molecule has 0 atom stereocenters. The number of ether oxygens (including phenoxy) is 3. The van der Waals surface area contributed by atoms with Crippen LogP contribution in [0.5, 0.6) is 17.2 Å². The monoisotopic (exact) mass is 498 g/mol. The van der Waals surface area contributed by atoms with E-state index < -0.39 is 11.8 Å². The first kappa shape index (κ1) is 23.1. The Kier molecular flexibility index (Phi) is 8.51. The second-order valence-corrected chi connectivity index (χ2v) is 7.56. The highest BCUT2D eigenvalue weighted by Crippen LogP contribution is 2.21. The van der Waals surface area contributed by atoms with E-state index in [1.165, 1.54) is 0 Å². The Labute approximate surface area is 194 Å². The average molecular weight is 499 g/mol. The van der Waals surface area contributed by atoms with Crippen molar-refractivity contribution in [2.45, 2.75) is 6.92 Å². The van der Waals surface area contributed by atoms with Crippen molar-refractivity contribution >= 4 is 27.7 Å². The number of aryl methyl sites for hydroxylation is 1. The quantitative estimate of drug-likeness (QED) is 0.343. The number of carbonyl (C=O) groups excluding carboxylic acids is 2. The minimum atomic E-state index is -0.502. The topological polar surface area (TPSA) is 85.9 Å². The van der Waals surface area contributed by atoms with E-state index in [2.05, 4.69) is 26.8 Å². The van der Waals surface area contributed by atoms with Gasteiger partial charge in [0.15, 0.2) is 6.61 Å². The summed E-state index contributed by atoms with van der Waals surface area (Å²) in [7, 11) is 0. The van der Waals surface area contributed by atoms with Crippen LogP contribution in [0.25, 0.3) is 0 Å². The fourth-order valence-corrected chi connectivity index (χ4v) is 2.94. The summed E-state index contributed by atoms with van der Waals surface area (Å²) >= 11 is 3.41. The first-order chi connectivity index (χ1) is 15.5. The lowest BCUT2D eigenvalue weighted by Gasteiger charge is -2.13. The highest BCUT2D eigenvalue weighted by molar-refractivity contribution is 9.10. The third-order valence-corrected chi connectivity index (χ3v) is 5.19.